The fraction of sp³-hybridized carbons (Fsp3) is 0.273. The van der Waals surface area contributed by atoms with Crippen molar-refractivity contribution in [2.75, 3.05) is 0 Å². The third-order valence-electron chi connectivity index (χ3n) is 2.21. The molecular weight excluding hydrogens is 190 g/mol. The molecule has 1 heterocycles. The average Bonchev–Trinajstić information content (AvgIpc) is 2.72. The number of hydrogen-bond donors (Lipinski definition) is 1. The topological polar surface area (TPSA) is 73.1 Å². The lowest BCUT2D eigenvalue weighted by Gasteiger charge is -1.98. The monoisotopic (exact) mass is 205 g/mol. The van der Waals surface area contributed by atoms with E-state index in [1.54, 1.807) is 6.20 Å². The molecule has 4 nitrogen and oxygen atoms in total. The molecular formula is C11H15N3O. The van der Waals surface area contributed by atoms with Gasteiger partial charge in [0.2, 0.25) is 0 Å². The zero-order chi connectivity index (χ0) is 9.64. The lowest BCUT2D eigenvalue weighted by Crippen LogP contribution is -1.90. The molecule has 0 aliphatic heterocycles. The largest absolute Gasteiger partial charge is 0.412 e. The Morgan fingerprint density at radius 1 is 1.07 bits per heavy atom. The number of benzene rings is 1. The van der Waals surface area contributed by atoms with E-state index in [4.69, 9.17) is 0 Å². The molecule has 0 saturated heterocycles. The molecule has 0 bridgehead atoms. The van der Waals surface area contributed by atoms with Crippen molar-refractivity contribution in [3.8, 4) is 0 Å². The summed E-state index contributed by atoms with van der Waals surface area (Å²) in [6.45, 7) is 0. The molecule has 2 aromatic rings. The van der Waals surface area contributed by atoms with Gasteiger partial charge in [-0.15, -0.1) is 0 Å². The lowest BCUT2D eigenvalue weighted by molar-refractivity contribution is 0.790. The molecule has 0 atom stereocenters. The average molecular weight is 205 g/mol. The Kier molecular flexibility index (Phi) is 4.50. The van der Waals surface area contributed by atoms with Gasteiger partial charge >= 0.3 is 0 Å². The molecule has 0 saturated carbocycles. The van der Waals surface area contributed by atoms with Gasteiger partial charge in [-0.25, -0.2) is 0 Å². The van der Waals surface area contributed by atoms with Gasteiger partial charge < -0.3 is 5.48 Å². The Morgan fingerprint density at radius 3 is 2.53 bits per heavy atom. The third-order valence-corrected chi connectivity index (χ3v) is 2.21. The van der Waals surface area contributed by atoms with E-state index in [0.29, 0.717) is 0 Å². The number of aromatic amines is 1. The molecule has 0 amide bonds. The van der Waals surface area contributed by atoms with E-state index < -0.39 is 0 Å². The fourth-order valence-electron chi connectivity index (χ4n) is 1.46. The van der Waals surface area contributed by atoms with Gasteiger partial charge in [-0.1, -0.05) is 30.3 Å². The first kappa shape index (κ1) is 11.4. The summed E-state index contributed by atoms with van der Waals surface area (Å²) < 4.78 is 0. The van der Waals surface area contributed by atoms with Crippen molar-refractivity contribution in [3.63, 3.8) is 0 Å². The second-order valence-electron chi connectivity index (χ2n) is 3.30. The van der Waals surface area contributed by atoms with Crippen molar-refractivity contribution < 1.29 is 5.48 Å². The van der Waals surface area contributed by atoms with Crippen LogP contribution in [0.3, 0.4) is 0 Å². The van der Waals surface area contributed by atoms with Crippen LogP contribution in [0.25, 0.3) is 0 Å². The van der Waals surface area contributed by atoms with Gasteiger partial charge in [0.1, 0.15) is 0 Å². The molecule has 0 fully saturated rings. The molecule has 80 valence electrons. The number of rotatable bonds is 4. The third kappa shape index (κ3) is 3.52. The van der Waals surface area contributed by atoms with Crippen LogP contribution in [0.4, 0.5) is 0 Å². The maximum absolute atomic E-state index is 4.01. The maximum Gasteiger partial charge on any atom is 0.0824 e. The number of hydrogen-bond acceptors (Lipinski definition) is 2. The van der Waals surface area contributed by atoms with Gasteiger partial charge in [0, 0.05) is 0 Å². The minimum Gasteiger partial charge on any atom is -0.412 e. The van der Waals surface area contributed by atoms with E-state index in [1.165, 1.54) is 5.56 Å². The quantitative estimate of drug-likeness (QED) is 0.813. The van der Waals surface area contributed by atoms with Crippen LogP contribution in [0.2, 0.25) is 0 Å². The van der Waals surface area contributed by atoms with Gasteiger partial charge in [0.25, 0.3) is 0 Å². The first-order valence-electron chi connectivity index (χ1n) is 4.84. The molecule has 4 heteroatoms. The fourth-order valence-corrected chi connectivity index (χ4v) is 1.46. The summed E-state index contributed by atoms with van der Waals surface area (Å²) in [6, 6.07) is 10.5. The van der Waals surface area contributed by atoms with Gasteiger partial charge in [0.05, 0.1) is 11.9 Å². The Balaban J connectivity index is 0.00000112. The zero-order valence-electron chi connectivity index (χ0n) is 8.48. The molecule has 2 rings (SSSR count). The van der Waals surface area contributed by atoms with Crippen molar-refractivity contribution in [1.82, 2.24) is 15.4 Å². The highest BCUT2D eigenvalue weighted by Crippen LogP contribution is 2.05. The van der Waals surface area contributed by atoms with Crippen LogP contribution in [0.5, 0.6) is 0 Å². The Labute approximate surface area is 88.6 Å². The molecule has 0 radical (unpaired) electrons. The summed E-state index contributed by atoms with van der Waals surface area (Å²) in [5.74, 6) is 0. The van der Waals surface area contributed by atoms with Crippen LogP contribution in [0, 0.1) is 0 Å². The van der Waals surface area contributed by atoms with Crippen molar-refractivity contribution in [2.45, 2.75) is 19.3 Å². The van der Waals surface area contributed by atoms with E-state index in [2.05, 4.69) is 39.7 Å². The molecule has 0 unspecified atom stereocenters. The van der Waals surface area contributed by atoms with Crippen LogP contribution < -0.4 is 0 Å². The van der Waals surface area contributed by atoms with E-state index in [1.807, 2.05) is 6.07 Å². The zero-order valence-corrected chi connectivity index (χ0v) is 8.48. The van der Waals surface area contributed by atoms with E-state index in [-0.39, 0.29) is 5.48 Å². The smallest absolute Gasteiger partial charge is 0.0824 e. The van der Waals surface area contributed by atoms with Crippen molar-refractivity contribution in [1.29, 1.82) is 0 Å². The number of nitrogens with one attached hydrogen (secondary N) is 1. The van der Waals surface area contributed by atoms with E-state index in [0.717, 1.165) is 25.0 Å². The Bertz CT molecular complexity index is 359. The highest BCUT2D eigenvalue weighted by atomic mass is 16.0. The van der Waals surface area contributed by atoms with E-state index in [9.17, 15) is 0 Å². The number of aryl methyl sites for hydroxylation is 2. The molecule has 1 aromatic carbocycles. The predicted molar refractivity (Wildman–Crippen MR) is 58.5 cm³/mol. The van der Waals surface area contributed by atoms with Gasteiger partial charge in [-0.3, -0.25) is 0 Å². The summed E-state index contributed by atoms with van der Waals surface area (Å²) >= 11 is 0. The summed E-state index contributed by atoms with van der Waals surface area (Å²) in [5, 5.41) is 10.4. The Hall–Kier alpha value is -1.68. The SMILES string of the molecule is O.c1ccc(CCCc2cn[nH]n2)cc1. The van der Waals surface area contributed by atoms with Crippen LogP contribution in [-0.4, -0.2) is 20.9 Å². The summed E-state index contributed by atoms with van der Waals surface area (Å²) in [5.41, 5.74) is 2.43. The summed E-state index contributed by atoms with van der Waals surface area (Å²) in [6.07, 6.45) is 5.00. The second kappa shape index (κ2) is 5.93. The first-order chi connectivity index (χ1) is 6.95. The highest BCUT2D eigenvalue weighted by molar-refractivity contribution is 5.14. The van der Waals surface area contributed by atoms with Gasteiger partial charge in [0.15, 0.2) is 0 Å². The minimum absolute atomic E-state index is 0. The molecule has 1 aromatic heterocycles. The predicted octanol–water partition coefficient (Wildman–Crippen LogP) is 1.16. The van der Waals surface area contributed by atoms with Crippen LogP contribution in [0.15, 0.2) is 36.5 Å². The van der Waals surface area contributed by atoms with Gasteiger partial charge in [-0.05, 0) is 24.8 Å². The van der Waals surface area contributed by atoms with Crippen LogP contribution in [0.1, 0.15) is 17.7 Å². The molecule has 15 heavy (non-hydrogen) atoms. The van der Waals surface area contributed by atoms with E-state index >= 15 is 0 Å². The lowest BCUT2D eigenvalue weighted by atomic mass is 10.1. The summed E-state index contributed by atoms with van der Waals surface area (Å²) in [7, 11) is 0. The second-order valence-corrected chi connectivity index (χ2v) is 3.30. The summed E-state index contributed by atoms with van der Waals surface area (Å²) in [4.78, 5) is 0. The normalized spacial score (nSPS) is 9.60. The van der Waals surface area contributed by atoms with Crippen molar-refractivity contribution in [2.24, 2.45) is 0 Å². The van der Waals surface area contributed by atoms with Crippen molar-refractivity contribution >= 4 is 0 Å². The molecule has 0 aliphatic rings. The van der Waals surface area contributed by atoms with Crippen LogP contribution in [-0.2, 0) is 12.8 Å². The molecule has 0 spiro atoms. The number of aromatic nitrogens is 3. The standard InChI is InChI=1S/C11H13N3.H2O/c1-2-5-10(6-3-1)7-4-8-11-9-12-14-13-11;/h1-3,5-6,9H,4,7-8H2,(H,12,13,14);1H2. The minimum atomic E-state index is 0. The first-order valence-corrected chi connectivity index (χ1v) is 4.84. The molecule has 0 aliphatic carbocycles. The Morgan fingerprint density at radius 2 is 1.87 bits per heavy atom. The maximum atomic E-state index is 4.01. The van der Waals surface area contributed by atoms with Gasteiger partial charge in [-0.2, -0.15) is 15.4 Å². The van der Waals surface area contributed by atoms with Crippen LogP contribution >= 0.6 is 0 Å². The number of H-pyrrole nitrogens is 1. The highest BCUT2D eigenvalue weighted by Gasteiger charge is 1.96. The van der Waals surface area contributed by atoms with Crippen molar-refractivity contribution in [3.05, 3.63) is 47.8 Å². The number of nitrogens with zero attached hydrogens (tertiary/aromatic N) is 2. The molecule has 3 N–H and O–H groups in total.